The Balaban J connectivity index is 1.75. The molecule has 2 aliphatic heterocycles. The lowest BCUT2D eigenvalue weighted by Crippen LogP contribution is -2.40. The molecule has 5 nitrogen and oxygen atoms in total. The highest BCUT2D eigenvalue weighted by Crippen LogP contribution is 2.37. The summed E-state index contributed by atoms with van der Waals surface area (Å²) in [6, 6.07) is 11.5. The van der Waals surface area contributed by atoms with Crippen LogP contribution in [0.3, 0.4) is 0 Å². The zero-order valence-corrected chi connectivity index (χ0v) is 16.3. The Labute approximate surface area is 162 Å². The van der Waals surface area contributed by atoms with Gasteiger partial charge in [-0.15, -0.1) is 11.3 Å². The summed E-state index contributed by atoms with van der Waals surface area (Å²) >= 11 is 1.48. The molecule has 0 spiro atoms. The largest absolute Gasteiger partial charge is 0.378 e. The topological polar surface area (TPSA) is 49.9 Å². The zero-order chi connectivity index (χ0) is 19.0. The fourth-order valence-electron chi connectivity index (χ4n) is 3.48. The zero-order valence-electron chi connectivity index (χ0n) is 15.5. The first kappa shape index (κ1) is 17.9. The van der Waals surface area contributed by atoms with E-state index in [0.29, 0.717) is 49.2 Å². The highest BCUT2D eigenvalue weighted by molar-refractivity contribution is 7.11. The fraction of sp³-hybridized carbons (Fsp3) is 0.333. The number of carbonyl (C=O) groups excluding carboxylic acids is 2. The molecular weight excluding hydrogens is 360 g/mol. The normalized spacial score (nSPS) is 18.2. The first-order valence-corrected chi connectivity index (χ1v) is 10.1. The van der Waals surface area contributed by atoms with Crippen molar-refractivity contribution < 1.29 is 14.3 Å². The van der Waals surface area contributed by atoms with Crippen molar-refractivity contribution >= 4 is 34.4 Å². The van der Waals surface area contributed by atoms with E-state index in [-0.39, 0.29) is 11.8 Å². The van der Waals surface area contributed by atoms with Gasteiger partial charge in [0.25, 0.3) is 11.8 Å². The van der Waals surface area contributed by atoms with Crippen LogP contribution < -0.4 is 4.90 Å². The van der Waals surface area contributed by atoms with Gasteiger partial charge in [0.2, 0.25) is 0 Å². The molecule has 4 rings (SSSR count). The van der Waals surface area contributed by atoms with Crippen LogP contribution in [0.5, 0.6) is 0 Å². The van der Waals surface area contributed by atoms with Gasteiger partial charge in [0.05, 0.1) is 24.5 Å². The molecule has 2 aromatic rings. The number of nitrogens with zero attached hydrogens (tertiary/aromatic N) is 2. The van der Waals surface area contributed by atoms with Gasteiger partial charge in [0, 0.05) is 18.0 Å². The summed E-state index contributed by atoms with van der Waals surface area (Å²) in [5, 5.41) is 1.93. The minimum atomic E-state index is -0.249. The molecule has 0 atom stereocenters. The van der Waals surface area contributed by atoms with Crippen molar-refractivity contribution in [3.63, 3.8) is 0 Å². The second-order valence-corrected chi connectivity index (χ2v) is 7.94. The molecule has 2 amide bonds. The Hall–Kier alpha value is -2.44. The lowest BCUT2D eigenvalue weighted by atomic mass is 10.0. The van der Waals surface area contributed by atoms with E-state index >= 15 is 0 Å². The molecule has 6 heteroatoms. The van der Waals surface area contributed by atoms with Crippen LogP contribution in [-0.2, 0) is 14.3 Å². The van der Waals surface area contributed by atoms with Crippen molar-refractivity contribution in [3.05, 3.63) is 57.9 Å². The highest BCUT2D eigenvalue weighted by atomic mass is 32.1. The number of hydrogen-bond acceptors (Lipinski definition) is 5. The molecule has 1 aromatic carbocycles. The second-order valence-electron chi connectivity index (χ2n) is 6.99. The van der Waals surface area contributed by atoms with E-state index in [1.54, 1.807) is 0 Å². The van der Waals surface area contributed by atoms with Crippen LogP contribution in [-0.4, -0.2) is 43.0 Å². The predicted molar refractivity (Wildman–Crippen MR) is 107 cm³/mol. The molecule has 1 saturated heterocycles. The maximum Gasteiger partial charge on any atom is 0.282 e. The fourth-order valence-corrected chi connectivity index (χ4v) is 4.25. The van der Waals surface area contributed by atoms with E-state index in [0.717, 1.165) is 4.88 Å². The summed E-state index contributed by atoms with van der Waals surface area (Å²) in [6.07, 6.45) is 0. The quantitative estimate of drug-likeness (QED) is 0.760. The van der Waals surface area contributed by atoms with E-state index in [2.05, 4.69) is 13.8 Å². The molecule has 27 heavy (non-hydrogen) atoms. The average Bonchev–Trinajstić information content (AvgIpc) is 3.29. The van der Waals surface area contributed by atoms with Crippen LogP contribution in [0.15, 0.2) is 47.5 Å². The molecule has 1 aromatic heterocycles. The Morgan fingerprint density at radius 2 is 1.70 bits per heavy atom. The minimum absolute atomic E-state index is 0.248. The van der Waals surface area contributed by atoms with Crippen LogP contribution in [0, 0.1) is 0 Å². The number of morpholine rings is 1. The van der Waals surface area contributed by atoms with Gasteiger partial charge >= 0.3 is 0 Å². The smallest absolute Gasteiger partial charge is 0.282 e. The number of thiophene rings is 1. The van der Waals surface area contributed by atoms with Crippen molar-refractivity contribution in [3.8, 4) is 0 Å². The number of ether oxygens (including phenoxy) is 1. The molecule has 0 aliphatic carbocycles. The van der Waals surface area contributed by atoms with Crippen LogP contribution in [0.25, 0.3) is 5.57 Å². The second kappa shape index (κ2) is 7.29. The molecule has 0 N–H and O–H groups in total. The van der Waals surface area contributed by atoms with E-state index in [4.69, 9.17) is 4.74 Å². The molecule has 3 heterocycles. The standard InChI is InChI=1S/C21H22N2O3S/c1-14(2)15-5-7-16(8-6-15)23-20(24)18(17-4-3-13-27-17)19(21(23)25)22-9-11-26-12-10-22/h3-8,13-14H,9-12H2,1-2H3. The van der Waals surface area contributed by atoms with Crippen molar-refractivity contribution in [1.29, 1.82) is 0 Å². The molecule has 0 bridgehead atoms. The lowest BCUT2D eigenvalue weighted by molar-refractivity contribution is -0.121. The highest BCUT2D eigenvalue weighted by Gasteiger charge is 2.43. The SMILES string of the molecule is CC(C)c1ccc(N2C(=O)C(c3cccs3)=C(N3CCOCC3)C2=O)cc1. The van der Waals surface area contributed by atoms with E-state index in [1.807, 2.05) is 46.7 Å². The summed E-state index contributed by atoms with van der Waals surface area (Å²) < 4.78 is 5.42. The number of benzene rings is 1. The average molecular weight is 382 g/mol. The maximum atomic E-state index is 13.3. The van der Waals surface area contributed by atoms with E-state index in [9.17, 15) is 9.59 Å². The maximum absolute atomic E-state index is 13.3. The summed E-state index contributed by atoms with van der Waals surface area (Å²) in [5.74, 6) is -0.100. The Morgan fingerprint density at radius 1 is 1.00 bits per heavy atom. The third kappa shape index (κ3) is 3.19. The molecule has 1 fully saturated rings. The van der Waals surface area contributed by atoms with E-state index in [1.165, 1.54) is 21.8 Å². The lowest BCUT2D eigenvalue weighted by Gasteiger charge is -2.29. The van der Waals surface area contributed by atoms with Crippen LogP contribution in [0.4, 0.5) is 5.69 Å². The summed E-state index contributed by atoms with van der Waals surface area (Å²) in [7, 11) is 0. The Kier molecular flexibility index (Phi) is 4.85. The first-order chi connectivity index (χ1) is 13.1. The van der Waals surface area contributed by atoms with Crippen molar-refractivity contribution in [1.82, 2.24) is 4.90 Å². The number of hydrogen-bond donors (Lipinski definition) is 0. The van der Waals surface area contributed by atoms with Gasteiger partial charge in [-0.25, -0.2) is 4.90 Å². The predicted octanol–water partition coefficient (Wildman–Crippen LogP) is 3.49. The first-order valence-electron chi connectivity index (χ1n) is 9.17. The van der Waals surface area contributed by atoms with Gasteiger partial charge in [0.1, 0.15) is 5.70 Å². The number of amides is 2. The van der Waals surface area contributed by atoms with Crippen LogP contribution in [0.2, 0.25) is 0 Å². The summed E-state index contributed by atoms with van der Waals surface area (Å²) in [4.78, 5) is 30.7. The van der Waals surface area contributed by atoms with Crippen molar-refractivity contribution in [2.24, 2.45) is 0 Å². The summed E-state index contributed by atoms with van der Waals surface area (Å²) in [5.41, 5.74) is 2.80. The van der Waals surface area contributed by atoms with Gasteiger partial charge in [-0.1, -0.05) is 32.0 Å². The molecule has 0 saturated carbocycles. The minimum Gasteiger partial charge on any atom is -0.378 e. The molecule has 0 radical (unpaired) electrons. The third-order valence-electron chi connectivity index (χ3n) is 4.97. The molecule has 2 aliphatic rings. The molecule has 140 valence electrons. The number of carbonyl (C=O) groups is 2. The van der Waals surface area contributed by atoms with Gasteiger partial charge < -0.3 is 9.64 Å². The monoisotopic (exact) mass is 382 g/mol. The summed E-state index contributed by atoms with van der Waals surface area (Å²) in [6.45, 7) is 6.59. The Morgan fingerprint density at radius 3 is 2.30 bits per heavy atom. The van der Waals surface area contributed by atoms with Crippen LogP contribution >= 0.6 is 11.3 Å². The number of imide groups is 1. The molecular formula is C21H22N2O3S. The van der Waals surface area contributed by atoms with Crippen molar-refractivity contribution in [2.75, 3.05) is 31.2 Å². The van der Waals surface area contributed by atoms with E-state index < -0.39 is 0 Å². The third-order valence-corrected chi connectivity index (χ3v) is 5.86. The van der Waals surface area contributed by atoms with Gasteiger partial charge in [0.15, 0.2) is 0 Å². The van der Waals surface area contributed by atoms with Crippen LogP contribution in [0.1, 0.15) is 30.2 Å². The van der Waals surface area contributed by atoms with Gasteiger partial charge in [-0.2, -0.15) is 0 Å². The van der Waals surface area contributed by atoms with Crippen molar-refractivity contribution in [2.45, 2.75) is 19.8 Å². The van der Waals surface area contributed by atoms with Gasteiger partial charge in [-0.3, -0.25) is 9.59 Å². The molecule has 0 unspecified atom stereocenters. The number of anilines is 1. The van der Waals surface area contributed by atoms with Gasteiger partial charge in [-0.05, 0) is 35.1 Å². The number of rotatable bonds is 4. The Bertz CT molecular complexity index is 879.